The van der Waals surface area contributed by atoms with Gasteiger partial charge in [-0.15, -0.1) is 24.0 Å². The Hall–Kier alpha value is -1.02. The number of nitrogens with zero attached hydrogens (tertiary/aromatic N) is 1. The van der Waals surface area contributed by atoms with Gasteiger partial charge in [-0.3, -0.25) is 4.99 Å². The molecular weight excluding hydrogens is 393 g/mol. The second-order valence-electron chi connectivity index (χ2n) is 5.59. The molecule has 4 N–H and O–H groups in total. The highest BCUT2D eigenvalue weighted by Gasteiger charge is 2.10. The summed E-state index contributed by atoms with van der Waals surface area (Å²) in [5.74, 6) is 2.15. The fourth-order valence-electron chi connectivity index (χ4n) is 2.22. The van der Waals surface area contributed by atoms with Gasteiger partial charge in [-0.05, 0) is 48.9 Å². The Morgan fingerprint density at radius 3 is 2.45 bits per heavy atom. The molecule has 0 aromatic heterocycles. The first-order valence-corrected chi connectivity index (χ1v) is 7.37. The minimum Gasteiger partial charge on any atom is -0.497 e. The van der Waals surface area contributed by atoms with Gasteiger partial charge in [0.15, 0.2) is 5.96 Å². The van der Waals surface area contributed by atoms with Crippen molar-refractivity contribution in [3.63, 3.8) is 0 Å². The predicted octanol–water partition coefficient (Wildman–Crippen LogP) is 3.08. The largest absolute Gasteiger partial charge is 0.497 e. The Bertz CT molecular complexity index is 436. The summed E-state index contributed by atoms with van der Waals surface area (Å²) in [6.07, 6.45) is 1.80. The molecule has 5 nitrogen and oxygen atoms in total. The van der Waals surface area contributed by atoms with E-state index in [1.165, 1.54) is 0 Å². The molecule has 0 fully saturated rings. The van der Waals surface area contributed by atoms with Crippen LogP contribution >= 0.6 is 24.0 Å². The summed E-state index contributed by atoms with van der Waals surface area (Å²) in [7, 11) is 1.63. The molecular formula is C16H28IN3O2. The van der Waals surface area contributed by atoms with Crippen molar-refractivity contribution in [2.24, 2.45) is 22.6 Å². The minimum atomic E-state index is 0. The summed E-state index contributed by atoms with van der Waals surface area (Å²) in [4.78, 5) is 4.37. The number of hydrogen-bond acceptors (Lipinski definition) is 3. The highest BCUT2D eigenvalue weighted by molar-refractivity contribution is 14.0. The second-order valence-corrected chi connectivity index (χ2v) is 5.59. The normalized spacial score (nSPS) is 12.7. The molecule has 1 atom stereocenters. The molecule has 1 unspecified atom stereocenters. The van der Waals surface area contributed by atoms with E-state index in [0.29, 0.717) is 24.3 Å². The van der Waals surface area contributed by atoms with Crippen LogP contribution in [0.3, 0.4) is 0 Å². The molecule has 0 saturated heterocycles. The molecule has 0 aliphatic carbocycles. The van der Waals surface area contributed by atoms with Crippen LogP contribution in [0.15, 0.2) is 29.3 Å². The number of hydrogen-bond donors (Lipinski definition) is 3. The number of nitrogens with one attached hydrogen (secondary N) is 1. The highest BCUT2D eigenvalue weighted by atomic mass is 127. The molecule has 1 rings (SSSR count). The zero-order valence-electron chi connectivity index (χ0n) is 13.6. The van der Waals surface area contributed by atoms with Gasteiger partial charge in [-0.25, -0.2) is 0 Å². The molecule has 0 bridgehead atoms. The third kappa shape index (κ3) is 8.43. The van der Waals surface area contributed by atoms with Crippen molar-refractivity contribution in [2.75, 3.05) is 25.6 Å². The third-order valence-electron chi connectivity index (χ3n) is 3.22. The Labute approximate surface area is 150 Å². The van der Waals surface area contributed by atoms with Crippen LogP contribution in [-0.2, 0) is 0 Å². The fraction of sp³-hybridized carbons (Fsp3) is 0.562. The van der Waals surface area contributed by atoms with Crippen molar-refractivity contribution in [3.05, 3.63) is 24.3 Å². The summed E-state index contributed by atoms with van der Waals surface area (Å²) in [5.41, 5.74) is 6.77. The number of methoxy groups -OCH3 is 1. The van der Waals surface area contributed by atoms with Crippen LogP contribution in [0, 0.1) is 11.8 Å². The number of benzene rings is 1. The average Bonchev–Trinajstić information content (AvgIpc) is 2.45. The first kappa shape index (κ1) is 21.0. The Balaban J connectivity index is 0.00000441. The molecule has 0 radical (unpaired) electrons. The van der Waals surface area contributed by atoms with Gasteiger partial charge in [0.05, 0.1) is 7.11 Å². The lowest BCUT2D eigenvalue weighted by Crippen LogP contribution is -2.24. The van der Waals surface area contributed by atoms with Crippen molar-refractivity contribution in [3.8, 4) is 5.75 Å². The Morgan fingerprint density at radius 1 is 1.32 bits per heavy atom. The predicted molar refractivity (Wildman–Crippen MR) is 103 cm³/mol. The van der Waals surface area contributed by atoms with Crippen LogP contribution in [0.5, 0.6) is 5.75 Å². The summed E-state index contributed by atoms with van der Waals surface area (Å²) in [6, 6.07) is 7.51. The third-order valence-corrected chi connectivity index (χ3v) is 3.22. The van der Waals surface area contributed by atoms with Crippen LogP contribution in [0.2, 0.25) is 0 Å². The zero-order valence-corrected chi connectivity index (χ0v) is 15.9. The standard InChI is InChI=1S/C16H27N3O2.HI/c1-12(2)10-13(8-9-20)11-18-16(17)19-14-4-6-15(21-3)7-5-14;/h4-7,12-13,20H,8-11H2,1-3H3,(H3,17,18,19);1H. The smallest absolute Gasteiger partial charge is 0.193 e. The lowest BCUT2D eigenvalue weighted by atomic mass is 9.94. The van der Waals surface area contributed by atoms with Crippen molar-refractivity contribution >= 4 is 35.6 Å². The summed E-state index contributed by atoms with van der Waals surface area (Å²) in [6.45, 7) is 5.17. The van der Waals surface area contributed by atoms with Gasteiger partial charge in [0, 0.05) is 18.8 Å². The second kappa shape index (κ2) is 11.5. The number of aliphatic hydroxyl groups is 1. The Kier molecular flexibility index (Phi) is 11.0. The number of ether oxygens (including phenoxy) is 1. The zero-order chi connectivity index (χ0) is 15.7. The fourth-order valence-corrected chi connectivity index (χ4v) is 2.22. The number of aliphatic hydroxyl groups excluding tert-OH is 1. The summed E-state index contributed by atoms with van der Waals surface area (Å²) in [5, 5.41) is 12.1. The van der Waals surface area contributed by atoms with Crippen molar-refractivity contribution in [1.82, 2.24) is 0 Å². The van der Waals surface area contributed by atoms with Crippen LogP contribution in [0.25, 0.3) is 0 Å². The Morgan fingerprint density at radius 2 is 1.95 bits per heavy atom. The topological polar surface area (TPSA) is 79.9 Å². The van der Waals surface area contributed by atoms with Crippen molar-refractivity contribution in [2.45, 2.75) is 26.7 Å². The highest BCUT2D eigenvalue weighted by Crippen LogP contribution is 2.16. The quantitative estimate of drug-likeness (QED) is 0.343. The van der Waals surface area contributed by atoms with Gasteiger partial charge >= 0.3 is 0 Å². The lowest BCUT2D eigenvalue weighted by molar-refractivity contribution is 0.246. The van der Waals surface area contributed by atoms with Gasteiger partial charge in [0.2, 0.25) is 0 Å². The number of rotatable bonds is 8. The molecule has 1 aromatic carbocycles. The summed E-state index contributed by atoms with van der Waals surface area (Å²) < 4.78 is 5.10. The van der Waals surface area contributed by atoms with Crippen molar-refractivity contribution in [1.29, 1.82) is 0 Å². The molecule has 0 saturated carbocycles. The van der Waals surface area contributed by atoms with Gasteiger partial charge in [0.25, 0.3) is 0 Å². The molecule has 0 aliphatic rings. The van der Waals surface area contributed by atoms with E-state index in [9.17, 15) is 0 Å². The van der Waals surface area contributed by atoms with Gasteiger partial charge < -0.3 is 20.9 Å². The van der Waals surface area contributed by atoms with Gasteiger partial charge in [-0.1, -0.05) is 13.8 Å². The van der Waals surface area contributed by atoms with Crippen LogP contribution in [0.1, 0.15) is 26.7 Å². The number of nitrogens with two attached hydrogens (primary N) is 1. The van der Waals surface area contributed by atoms with Gasteiger partial charge in [0.1, 0.15) is 5.75 Å². The average molecular weight is 421 g/mol. The summed E-state index contributed by atoms with van der Waals surface area (Å²) >= 11 is 0. The molecule has 0 spiro atoms. The van der Waals surface area contributed by atoms with E-state index in [0.717, 1.165) is 24.3 Å². The maximum Gasteiger partial charge on any atom is 0.193 e. The molecule has 0 amide bonds. The maximum atomic E-state index is 9.09. The maximum absolute atomic E-state index is 9.09. The molecule has 0 aliphatic heterocycles. The van der Waals surface area contributed by atoms with E-state index in [1.807, 2.05) is 24.3 Å². The number of aliphatic imine (C=N–C) groups is 1. The van der Waals surface area contributed by atoms with Crippen LogP contribution in [-0.4, -0.2) is 31.3 Å². The molecule has 22 heavy (non-hydrogen) atoms. The van der Waals surface area contributed by atoms with E-state index >= 15 is 0 Å². The van der Waals surface area contributed by atoms with Gasteiger partial charge in [-0.2, -0.15) is 0 Å². The van der Waals surface area contributed by atoms with E-state index in [1.54, 1.807) is 7.11 Å². The molecule has 126 valence electrons. The monoisotopic (exact) mass is 421 g/mol. The van der Waals surface area contributed by atoms with E-state index in [4.69, 9.17) is 15.6 Å². The minimum absolute atomic E-state index is 0. The molecule has 6 heteroatoms. The van der Waals surface area contributed by atoms with E-state index < -0.39 is 0 Å². The van der Waals surface area contributed by atoms with Crippen LogP contribution in [0.4, 0.5) is 5.69 Å². The molecule has 1 aromatic rings. The van der Waals surface area contributed by atoms with E-state index in [2.05, 4.69) is 24.2 Å². The molecule has 0 heterocycles. The lowest BCUT2D eigenvalue weighted by Gasteiger charge is -2.16. The number of guanidine groups is 1. The van der Waals surface area contributed by atoms with Crippen molar-refractivity contribution < 1.29 is 9.84 Å². The first-order valence-electron chi connectivity index (χ1n) is 7.37. The number of anilines is 1. The first-order chi connectivity index (χ1) is 10.0. The number of halogens is 1. The van der Waals surface area contributed by atoms with E-state index in [-0.39, 0.29) is 30.6 Å². The van der Waals surface area contributed by atoms with Crippen LogP contribution < -0.4 is 15.8 Å². The SMILES string of the molecule is COc1ccc(NC(N)=NCC(CCO)CC(C)C)cc1.I.